The highest BCUT2D eigenvalue weighted by Crippen LogP contribution is 2.47. The molecule has 1 atom stereocenters. The third-order valence-corrected chi connectivity index (χ3v) is 5.20. The number of benzene rings is 1. The van der Waals surface area contributed by atoms with Gasteiger partial charge in [0, 0.05) is 24.7 Å². The Balaban J connectivity index is 2.05. The van der Waals surface area contributed by atoms with E-state index < -0.39 is 0 Å². The molecular weight excluding hydrogens is 330 g/mol. The van der Waals surface area contributed by atoms with Gasteiger partial charge in [-0.25, -0.2) is 0 Å². The number of methoxy groups -OCH3 is 2. The largest absolute Gasteiger partial charge is 0.497 e. The molecule has 0 amide bonds. The number of rotatable bonds is 9. The van der Waals surface area contributed by atoms with Gasteiger partial charge in [-0.2, -0.15) is 0 Å². The molecule has 0 heterocycles. The molecule has 1 saturated carbocycles. The molecule has 21 heavy (non-hydrogen) atoms. The third kappa shape index (κ3) is 4.70. The van der Waals surface area contributed by atoms with E-state index in [0.29, 0.717) is 5.41 Å². The first-order chi connectivity index (χ1) is 10.1. The van der Waals surface area contributed by atoms with Gasteiger partial charge >= 0.3 is 0 Å². The molecule has 1 aliphatic rings. The normalized spacial score (nSPS) is 17.5. The summed E-state index contributed by atoms with van der Waals surface area (Å²) in [6.45, 7) is 5.11. The van der Waals surface area contributed by atoms with E-state index in [9.17, 15) is 0 Å². The Bertz CT molecular complexity index is 462. The Morgan fingerprint density at radius 3 is 2.71 bits per heavy atom. The van der Waals surface area contributed by atoms with E-state index in [0.717, 1.165) is 37.8 Å². The Morgan fingerprint density at radius 2 is 2.10 bits per heavy atom. The number of halogens is 1. The molecule has 1 aromatic rings. The van der Waals surface area contributed by atoms with Crippen LogP contribution in [0.3, 0.4) is 0 Å². The Morgan fingerprint density at radius 1 is 1.33 bits per heavy atom. The van der Waals surface area contributed by atoms with Crippen molar-refractivity contribution in [2.75, 3.05) is 33.9 Å². The molecule has 1 fully saturated rings. The number of ether oxygens (including phenoxy) is 2. The second kappa shape index (κ2) is 7.61. The zero-order valence-electron chi connectivity index (χ0n) is 13.2. The van der Waals surface area contributed by atoms with Crippen molar-refractivity contribution in [3.63, 3.8) is 0 Å². The lowest BCUT2D eigenvalue weighted by Crippen LogP contribution is -2.37. The molecular formula is C17H26BrNO2. The lowest BCUT2D eigenvalue weighted by Gasteiger charge is -2.31. The average molecular weight is 356 g/mol. The molecule has 1 unspecified atom stereocenters. The van der Waals surface area contributed by atoms with Gasteiger partial charge in [0.05, 0.1) is 13.7 Å². The van der Waals surface area contributed by atoms with E-state index in [1.165, 1.54) is 22.9 Å². The zero-order chi connectivity index (χ0) is 15.3. The second-order valence-corrected chi connectivity index (χ2v) is 7.09. The third-order valence-electron chi connectivity index (χ3n) is 4.42. The van der Waals surface area contributed by atoms with E-state index in [4.69, 9.17) is 9.47 Å². The zero-order valence-corrected chi connectivity index (χ0v) is 14.8. The highest BCUT2D eigenvalue weighted by molar-refractivity contribution is 9.10. The summed E-state index contributed by atoms with van der Waals surface area (Å²) in [5.74, 6) is 1.75. The predicted octanol–water partition coefficient (Wildman–Crippen LogP) is 3.65. The Kier molecular flexibility index (Phi) is 6.08. The van der Waals surface area contributed by atoms with Crippen LogP contribution in [0.25, 0.3) is 0 Å². The van der Waals surface area contributed by atoms with E-state index in [1.807, 2.05) is 6.07 Å². The molecule has 2 rings (SSSR count). The lowest BCUT2D eigenvalue weighted by molar-refractivity contribution is 0.187. The highest BCUT2D eigenvalue weighted by Gasteiger charge is 2.41. The topological polar surface area (TPSA) is 30.5 Å². The first-order valence-corrected chi connectivity index (χ1v) is 8.40. The van der Waals surface area contributed by atoms with Crippen molar-refractivity contribution >= 4 is 15.9 Å². The molecule has 3 nitrogen and oxygen atoms in total. The van der Waals surface area contributed by atoms with Crippen molar-refractivity contribution in [3.8, 4) is 5.75 Å². The summed E-state index contributed by atoms with van der Waals surface area (Å²) < 4.78 is 11.6. The molecule has 0 saturated heterocycles. The lowest BCUT2D eigenvalue weighted by atomic mass is 9.79. The van der Waals surface area contributed by atoms with Crippen molar-refractivity contribution < 1.29 is 9.47 Å². The van der Waals surface area contributed by atoms with Crippen molar-refractivity contribution in [2.24, 2.45) is 11.3 Å². The molecule has 1 aliphatic carbocycles. The number of nitrogens with one attached hydrogen (secondary N) is 1. The van der Waals surface area contributed by atoms with Crippen LogP contribution in [0.15, 0.2) is 22.7 Å². The molecule has 0 aromatic heterocycles. The van der Waals surface area contributed by atoms with Crippen molar-refractivity contribution in [3.05, 3.63) is 28.2 Å². The van der Waals surface area contributed by atoms with E-state index in [2.05, 4.69) is 40.3 Å². The first-order valence-electron chi connectivity index (χ1n) is 7.61. The van der Waals surface area contributed by atoms with Crippen LogP contribution in [-0.4, -0.2) is 33.9 Å². The summed E-state index contributed by atoms with van der Waals surface area (Å²) in [7, 11) is 3.47. The minimum Gasteiger partial charge on any atom is -0.497 e. The molecule has 0 bridgehead atoms. The van der Waals surface area contributed by atoms with Crippen molar-refractivity contribution in [1.29, 1.82) is 0 Å². The Labute approximate surface area is 136 Å². The standard InChI is InChI=1S/C17H26BrNO2/c1-17(14-4-5-14,12-19-8-9-20-2)11-13-10-15(21-3)6-7-16(13)18/h6-7,10,14,19H,4-5,8-9,11-12H2,1-3H3. The van der Waals surface area contributed by atoms with Crippen molar-refractivity contribution in [2.45, 2.75) is 26.2 Å². The van der Waals surface area contributed by atoms with Crippen LogP contribution < -0.4 is 10.1 Å². The minimum absolute atomic E-state index is 0.294. The molecule has 1 aromatic carbocycles. The summed E-state index contributed by atoms with van der Waals surface area (Å²) in [6, 6.07) is 6.23. The van der Waals surface area contributed by atoms with E-state index >= 15 is 0 Å². The van der Waals surface area contributed by atoms with Gasteiger partial charge in [0.1, 0.15) is 5.75 Å². The summed E-state index contributed by atoms with van der Waals surface area (Å²) in [6.07, 6.45) is 3.77. The SMILES string of the molecule is COCCNCC(C)(Cc1cc(OC)ccc1Br)C1CC1. The summed E-state index contributed by atoms with van der Waals surface area (Å²) >= 11 is 3.68. The minimum atomic E-state index is 0.294. The maximum Gasteiger partial charge on any atom is 0.119 e. The summed E-state index contributed by atoms with van der Waals surface area (Å²) in [5, 5.41) is 3.55. The van der Waals surface area contributed by atoms with Gasteiger partial charge in [-0.05, 0) is 54.4 Å². The fourth-order valence-electron chi connectivity index (χ4n) is 2.93. The van der Waals surface area contributed by atoms with Crippen LogP contribution in [0.2, 0.25) is 0 Å². The Hall–Kier alpha value is -0.580. The molecule has 1 N–H and O–H groups in total. The van der Waals surface area contributed by atoms with Gasteiger partial charge in [-0.3, -0.25) is 0 Å². The van der Waals surface area contributed by atoms with Crippen LogP contribution >= 0.6 is 15.9 Å². The molecule has 0 spiro atoms. The van der Waals surface area contributed by atoms with Gasteiger partial charge in [0.15, 0.2) is 0 Å². The quantitative estimate of drug-likeness (QED) is 0.685. The summed E-state index contributed by atoms with van der Waals surface area (Å²) in [5.41, 5.74) is 1.63. The van der Waals surface area contributed by atoms with E-state index in [1.54, 1.807) is 14.2 Å². The maximum atomic E-state index is 5.36. The fourth-order valence-corrected chi connectivity index (χ4v) is 3.32. The van der Waals surface area contributed by atoms with Gasteiger partial charge in [0.2, 0.25) is 0 Å². The van der Waals surface area contributed by atoms with Crippen LogP contribution in [0.4, 0.5) is 0 Å². The summed E-state index contributed by atoms with van der Waals surface area (Å²) in [4.78, 5) is 0. The highest BCUT2D eigenvalue weighted by atomic mass is 79.9. The van der Waals surface area contributed by atoms with Crippen LogP contribution in [0, 0.1) is 11.3 Å². The van der Waals surface area contributed by atoms with Crippen LogP contribution in [0.5, 0.6) is 5.75 Å². The predicted molar refractivity (Wildman–Crippen MR) is 90.0 cm³/mol. The van der Waals surface area contributed by atoms with Crippen LogP contribution in [-0.2, 0) is 11.2 Å². The molecule has 4 heteroatoms. The molecule has 0 aliphatic heterocycles. The van der Waals surface area contributed by atoms with Crippen LogP contribution in [0.1, 0.15) is 25.3 Å². The number of hydrogen-bond acceptors (Lipinski definition) is 3. The number of hydrogen-bond donors (Lipinski definition) is 1. The van der Waals surface area contributed by atoms with E-state index in [-0.39, 0.29) is 0 Å². The van der Waals surface area contributed by atoms with Gasteiger partial charge in [0.25, 0.3) is 0 Å². The monoisotopic (exact) mass is 355 g/mol. The average Bonchev–Trinajstić information content (AvgIpc) is 3.31. The maximum absolute atomic E-state index is 5.36. The van der Waals surface area contributed by atoms with Gasteiger partial charge in [-0.15, -0.1) is 0 Å². The smallest absolute Gasteiger partial charge is 0.119 e. The fraction of sp³-hybridized carbons (Fsp3) is 0.647. The van der Waals surface area contributed by atoms with Gasteiger partial charge < -0.3 is 14.8 Å². The molecule has 118 valence electrons. The van der Waals surface area contributed by atoms with Crippen molar-refractivity contribution in [1.82, 2.24) is 5.32 Å². The molecule has 0 radical (unpaired) electrons. The first kappa shape index (κ1) is 16.8. The van der Waals surface area contributed by atoms with Gasteiger partial charge in [-0.1, -0.05) is 22.9 Å². The second-order valence-electron chi connectivity index (χ2n) is 6.23.